The molecule has 24 heavy (non-hydrogen) atoms. The van der Waals surface area contributed by atoms with Crippen LogP contribution in [0.5, 0.6) is 5.75 Å². The predicted octanol–water partition coefficient (Wildman–Crippen LogP) is 1.03. The second-order valence-corrected chi connectivity index (χ2v) is 8.89. The summed E-state index contributed by atoms with van der Waals surface area (Å²) < 4.78 is 30.0. The Labute approximate surface area is 143 Å². The summed E-state index contributed by atoms with van der Waals surface area (Å²) in [6.07, 6.45) is 1.20. The lowest BCUT2D eigenvalue weighted by Gasteiger charge is -2.37. The molecule has 2 saturated heterocycles. The molecule has 1 aromatic rings. The Bertz CT molecular complexity index is 719. The molecule has 6 nitrogen and oxygen atoms in total. The zero-order valence-corrected chi connectivity index (χ0v) is 15.0. The van der Waals surface area contributed by atoms with Gasteiger partial charge >= 0.3 is 0 Å². The number of carbonyl (C=O) groups excluding carboxylic acids is 1. The van der Waals surface area contributed by atoms with E-state index in [1.165, 1.54) is 0 Å². The maximum absolute atomic E-state index is 12.8. The van der Waals surface area contributed by atoms with Gasteiger partial charge in [-0.25, -0.2) is 8.42 Å². The minimum atomic E-state index is -3.06. The molecule has 2 aliphatic rings. The molecule has 0 aliphatic carbocycles. The summed E-state index contributed by atoms with van der Waals surface area (Å²) in [6, 6.07) is 7.10. The number of methoxy groups -OCH3 is 1. The van der Waals surface area contributed by atoms with Gasteiger partial charge in [-0.15, -0.1) is 0 Å². The SMILES string of the molecule is COc1cccc(C(=O)N2CC[C@@H]3[C@H](CC2)N(C)CCS3(=O)=O)c1. The molecular formula is C17H24N2O4S. The van der Waals surface area contributed by atoms with Gasteiger partial charge in [-0.05, 0) is 38.1 Å². The normalized spacial score (nSPS) is 27.2. The van der Waals surface area contributed by atoms with Crippen LogP contribution in [-0.2, 0) is 9.84 Å². The number of hydrogen-bond donors (Lipinski definition) is 0. The minimum Gasteiger partial charge on any atom is -0.497 e. The van der Waals surface area contributed by atoms with E-state index in [-0.39, 0.29) is 23.0 Å². The summed E-state index contributed by atoms with van der Waals surface area (Å²) in [5.74, 6) is 0.799. The van der Waals surface area contributed by atoms with Gasteiger partial charge in [-0.1, -0.05) is 6.07 Å². The van der Waals surface area contributed by atoms with Crippen molar-refractivity contribution in [2.45, 2.75) is 24.1 Å². The molecule has 132 valence electrons. The lowest BCUT2D eigenvalue weighted by atomic mass is 10.1. The van der Waals surface area contributed by atoms with Crippen LogP contribution >= 0.6 is 0 Å². The second kappa shape index (κ2) is 6.72. The lowest BCUT2D eigenvalue weighted by molar-refractivity contribution is 0.0757. The minimum absolute atomic E-state index is 0.00635. The Morgan fingerprint density at radius 1 is 1.21 bits per heavy atom. The number of amides is 1. The Morgan fingerprint density at radius 3 is 2.71 bits per heavy atom. The van der Waals surface area contributed by atoms with E-state index in [4.69, 9.17) is 4.74 Å². The van der Waals surface area contributed by atoms with Gasteiger partial charge in [-0.3, -0.25) is 4.79 Å². The zero-order chi connectivity index (χ0) is 17.3. The van der Waals surface area contributed by atoms with Gasteiger partial charge < -0.3 is 14.5 Å². The highest BCUT2D eigenvalue weighted by molar-refractivity contribution is 7.92. The first kappa shape index (κ1) is 17.2. The molecule has 0 aromatic heterocycles. The van der Waals surface area contributed by atoms with Crippen LogP contribution in [0.3, 0.4) is 0 Å². The summed E-state index contributed by atoms with van der Waals surface area (Å²) in [7, 11) is 0.484. The van der Waals surface area contributed by atoms with Crippen molar-refractivity contribution < 1.29 is 17.9 Å². The van der Waals surface area contributed by atoms with Crippen molar-refractivity contribution in [1.82, 2.24) is 9.80 Å². The highest BCUT2D eigenvalue weighted by Gasteiger charge is 2.41. The third-order valence-electron chi connectivity index (χ3n) is 5.17. The monoisotopic (exact) mass is 352 g/mol. The fourth-order valence-electron chi connectivity index (χ4n) is 3.71. The van der Waals surface area contributed by atoms with Gasteiger partial charge in [0, 0.05) is 31.2 Å². The molecule has 0 saturated carbocycles. The van der Waals surface area contributed by atoms with Gasteiger partial charge in [0.25, 0.3) is 5.91 Å². The predicted molar refractivity (Wildman–Crippen MR) is 92.1 cm³/mol. The Kier molecular flexibility index (Phi) is 4.83. The number of carbonyl (C=O) groups is 1. The molecule has 2 atom stereocenters. The van der Waals surface area contributed by atoms with Crippen molar-refractivity contribution in [1.29, 1.82) is 0 Å². The molecular weight excluding hydrogens is 328 g/mol. The molecule has 0 N–H and O–H groups in total. The number of nitrogens with zero attached hydrogens (tertiary/aromatic N) is 2. The standard InChI is InChI=1S/C17H24N2O4S/c1-18-10-11-24(21,22)16-7-9-19(8-6-15(16)18)17(20)13-4-3-5-14(12-13)23-2/h3-5,12,15-16H,6-11H2,1-2H3/t15-,16+/m0/s1. The third kappa shape index (κ3) is 3.28. The van der Waals surface area contributed by atoms with E-state index in [1.54, 1.807) is 36.3 Å². The fourth-order valence-corrected chi connectivity index (χ4v) is 5.85. The number of ether oxygens (including phenoxy) is 1. The topological polar surface area (TPSA) is 66.9 Å². The highest BCUT2D eigenvalue weighted by Crippen LogP contribution is 2.27. The Hall–Kier alpha value is -1.60. The summed E-state index contributed by atoms with van der Waals surface area (Å²) in [4.78, 5) is 16.7. The van der Waals surface area contributed by atoms with E-state index in [9.17, 15) is 13.2 Å². The van der Waals surface area contributed by atoms with E-state index in [2.05, 4.69) is 4.90 Å². The number of sulfone groups is 1. The summed E-state index contributed by atoms with van der Waals surface area (Å²) in [6.45, 7) is 1.63. The smallest absolute Gasteiger partial charge is 0.253 e. The first-order valence-corrected chi connectivity index (χ1v) is 9.99. The largest absolute Gasteiger partial charge is 0.497 e. The zero-order valence-electron chi connectivity index (χ0n) is 14.1. The molecule has 0 bridgehead atoms. The fraction of sp³-hybridized carbons (Fsp3) is 0.588. The van der Waals surface area contributed by atoms with Crippen LogP contribution < -0.4 is 4.74 Å². The van der Waals surface area contributed by atoms with Crippen LogP contribution in [0.2, 0.25) is 0 Å². The second-order valence-electron chi connectivity index (χ2n) is 6.55. The average Bonchev–Trinajstić information content (AvgIpc) is 2.82. The summed E-state index contributed by atoms with van der Waals surface area (Å²) in [5, 5.41) is -0.362. The van der Waals surface area contributed by atoms with Crippen molar-refractivity contribution in [2.75, 3.05) is 39.5 Å². The van der Waals surface area contributed by atoms with Crippen molar-refractivity contribution in [3.8, 4) is 5.75 Å². The molecule has 1 aromatic carbocycles. The van der Waals surface area contributed by atoms with E-state index in [0.717, 1.165) is 0 Å². The van der Waals surface area contributed by atoms with Crippen LogP contribution in [-0.4, -0.2) is 75.0 Å². The van der Waals surface area contributed by atoms with E-state index >= 15 is 0 Å². The molecule has 2 fully saturated rings. The Balaban J connectivity index is 1.78. The van der Waals surface area contributed by atoms with Crippen molar-refractivity contribution >= 4 is 15.7 Å². The first-order valence-electron chi connectivity index (χ1n) is 8.27. The van der Waals surface area contributed by atoms with E-state index < -0.39 is 9.84 Å². The molecule has 2 heterocycles. The van der Waals surface area contributed by atoms with Crippen LogP contribution in [0.4, 0.5) is 0 Å². The van der Waals surface area contributed by atoms with Gasteiger partial charge in [0.1, 0.15) is 5.75 Å². The van der Waals surface area contributed by atoms with Crippen molar-refractivity contribution in [3.05, 3.63) is 29.8 Å². The van der Waals surface area contributed by atoms with Gasteiger partial charge in [0.15, 0.2) is 9.84 Å². The molecule has 0 unspecified atom stereocenters. The summed E-state index contributed by atoms with van der Waals surface area (Å²) in [5.41, 5.74) is 0.579. The number of rotatable bonds is 2. The first-order chi connectivity index (χ1) is 11.4. The quantitative estimate of drug-likeness (QED) is 0.795. The molecule has 0 radical (unpaired) electrons. The third-order valence-corrected chi connectivity index (χ3v) is 7.39. The summed E-state index contributed by atoms with van der Waals surface area (Å²) >= 11 is 0. The van der Waals surface area contributed by atoms with Crippen molar-refractivity contribution in [2.24, 2.45) is 0 Å². The number of fused-ring (bicyclic) bond motifs is 1. The van der Waals surface area contributed by atoms with Crippen LogP contribution in [0.1, 0.15) is 23.2 Å². The van der Waals surface area contributed by atoms with Gasteiger partial charge in [0.05, 0.1) is 18.1 Å². The molecule has 1 amide bonds. The van der Waals surface area contributed by atoms with Crippen LogP contribution in [0.15, 0.2) is 24.3 Å². The van der Waals surface area contributed by atoms with Crippen LogP contribution in [0.25, 0.3) is 0 Å². The molecule has 3 rings (SSSR count). The van der Waals surface area contributed by atoms with Crippen LogP contribution in [0, 0.1) is 0 Å². The molecule has 2 aliphatic heterocycles. The molecule has 0 spiro atoms. The number of hydrogen-bond acceptors (Lipinski definition) is 5. The maximum Gasteiger partial charge on any atom is 0.253 e. The average molecular weight is 352 g/mol. The highest BCUT2D eigenvalue weighted by atomic mass is 32.2. The maximum atomic E-state index is 12.8. The van der Waals surface area contributed by atoms with Crippen molar-refractivity contribution in [3.63, 3.8) is 0 Å². The van der Waals surface area contributed by atoms with Gasteiger partial charge in [-0.2, -0.15) is 0 Å². The van der Waals surface area contributed by atoms with E-state index in [1.807, 2.05) is 7.05 Å². The lowest BCUT2D eigenvalue weighted by Crippen LogP contribution is -2.52. The Morgan fingerprint density at radius 2 is 1.96 bits per heavy atom. The molecule has 7 heteroatoms. The number of likely N-dealkylation sites (tertiary alicyclic amines) is 1. The van der Waals surface area contributed by atoms with E-state index in [0.29, 0.717) is 43.8 Å². The van der Waals surface area contributed by atoms with Gasteiger partial charge in [0.2, 0.25) is 0 Å². The number of benzene rings is 1.